The van der Waals surface area contributed by atoms with Crippen LogP contribution in [0.15, 0.2) is 36.9 Å². The zero-order chi connectivity index (χ0) is 13.2. The number of unbranched alkanes of at least 4 members (excludes halogenated alkanes) is 1. The molecule has 1 rings (SSSR count). The molecule has 0 aromatic heterocycles. The third kappa shape index (κ3) is 5.64. The summed E-state index contributed by atoms with van der Waals surface area (Å²) in [6.45, 7) is 5.56. The van der Waals surface area contributed by atoms with Crippen molar-refractivity contribution in [2.24, 2.45) is 0 Å². The number of nitrogens with one attached hydrogen (secondary N) is 1. The van der Waals surface area contributed by atoms with Gasteiger partial charge in [-0.15, -0.1) is 6.58 Å². The maximum atomic E-state index is 11.8. The van der Waals surface area contributed by atoms with Gasteiger partial charge in [-0.25, -0.2) is 0 Å². The fourth-order valence-electron chi connectivity index (χ4n) is 1.44. The number of halogens is 1. The van der Waals surface area contributed by atoms with Gasteiger partial charge < -0.3 is 10.1 Å². The minimum Gasteiger partial charge on any atom is -0.377 e. The molecule has 0 aliphatic rings. The number of carbonyl (C=O) groups excluding carboxylic acids is 1. The fraction of sp³-hybridized carbons (Fsp3) is 0.357. The minimum absolute atomic E-state index is 0.00740. The molecule has 0 saturated heterocycles. The number of carbonyl (C=O) groups is 1. The third-order valence-electron chi connectivity index (χ3n) is 2.36. The first-order valence-electron chi connectivity index (χ1n) is 5.97. The molecule has 0 aliphatic heterocycles. The Morgan fingerprint density at radius 1 is 1.39 bits per heavy atom. The highest BCUT2D eigenvalue weighted by molar-refractivity contribution is 14.1. The summed E-state index contributed by atoms with van der Waals surface area (Å²) < 4.78 is 6.24. The van der Waals surface area contributed by atoms with Crippen LogP contribution in [0.5, 0.6) is 0 Å². The van der Waals surface area contributed by atoms with E-state index >= 15 is 0 Å². The van der Waals surface area contributed by atoms with Crippen molar-refractivity contribution in [2.45, 2.75) is 12.8 Å². The molecular formula is C14H18INO2. The molecule has 3 nitrogen and oxygen atoms in total. The summed E-state index contributed by atoms with van der Waals surface area (Å²) in [6, 6.07) is 7.57. The van der Waals surface area contributed by atoms with Gasteiger partial charge in [0.1, 0.15) is 0 Å². The monoisotopic (exact) mass is 359 g/mol. The molecule has 0 bridgehead atoms. The van der Waals surface area contributed by atoms with Gasteiger partial charge in [0.2, 0.25) is 0 Å². The molecule has 4 heteroatoms. The van der Waals surface area contributed by atoms with E-state index < -0.39 is 0 Å². The Balaban J connectivity index is 2.18. The molecule has 18 heavy (non-hydrogen) atoms. The zero-order valence-corrected chi connectivity index (χ0v) is 12.5. The summed E-state index contributed by atoms with van der Waals surface area (Å²) in [5, 5.41) is 2.91. The Morgan fingerprint density at radius 2 is 2.17 bits per heavy atom. The minimum atomic E-state index is -0.00740. The highest BCUT2D eigenvalue weighted by atomic mass is 127. The SMILES string of the molecule is C=CCOCCCCNC(=O)c1ccccc1I. The largest absolute Gasteiger partial charge is 0.377 e. The standard InChI is InChI=1S/C14H18INO2/c1-2-10-18-11-6-5-9-16-14(17)12-7-3-4-8-13(12)15/h2-4,7-8H,1,5-6,9-11H2,(H,16,17). The molecule has 0 fully saturated rings. The summed E-state index contributed by atoms with van der Waals surface area (Å²) >= 11 is 2.17. The van der Waals surface area contributed by atoms with Gasteiger partial charge in [0.05, 0.1) is 12.2 Å². The topological polar surface area (TPSA) is 38.3 Å². The lowest BCUT2D eigenvalue weighted by Gasteiger charge is -2.06. The molecule has 1 aromatic rings. The Kier molecular flexibility index (Phi) is 7.68. The van der Waals surface area contributed by atoms with E-state index in [0.29, 0.717) is 19.8 Å². The van der Waals surface area contributed by atoms with Gasteiger partial charge in [-0.05, 0) is 47.6 Å². The molecule has 98 valence electrons. The molecule has 0 radical (unpaired) electrons. The molecule has 1 amide bonds. The number of benzene rings is 1. The molecule has 1 N–H and O–H groups in total. The van der Waals surface area contributed by atoms with E-state index in [0.717, 1.165) is 22.0 Å². The first-order valence-corrected chi connectivity index (χ1v) is 7.05. The second-order valence-electron chi connectivity index (χ2n) is 3.81. The number of hydrogen-bond acceptors (Lipinski definition) is 2. The summed E-state index contributed by atoms with van der Waals surface area (Å²) in [6.07, 6.45) is 3.60. The molecule has 0 atom stereocenters. The van der Waals surface area contributed by atoms with E-state index in [1.165, 1.54) is 0 Å². The summed E-state index contributed by atoms with van der Waals surface area (Å²) in [5.41, 5.74) is 0.737. The lowest BCUT2D eigenvalue weighted by molar-refractivity contribution is 0.0949. The highest BCUT2D eigenvalue weighted by Crippen LogP contribution is 2.10. The second-order valence-corrected chi connectivity index (χ2v) is 4.97. The van der Waals surface area contributed by atoms with E-state index in [1.54, 1.807) is 6.08 Å². The lowest BCUT2D eigenvalue weighted by atomic mass is 10.2. The van der Waals surface area contributed by atoms with Crippen molar-refractivity contribution in [1.29, 1.82) is 0 Å². The Bertz CT molecular complexity index is 393. The van der Waals surface area contributed by atoms with Crippen LogP contribution in [0.3, 0.4) is 0 Å². The van der Waals surface area contributed by atoms with Crippen molar-refractivity contribution in [3.8, 4) is 0 Å². The summed E-state index contributed by atoms with van der Waals surface area (Å²) in [5.74, 6) is -0.00740. The van der Waals surface area contributed by atoms with Crippen LogP contribution in [-0.4, -0.2) is 25.7 Å². The van der Waals surface area contributed by atoms with Gasteiger partial charge in [-0.2, -0.15) is 0 Å². The van der Waals surface area contributed by atoms with Gasteiger partial charge in [0.25, 0.3) is 5.91 Å². The fourth-order valence-corrected chi connectivity index (χ4v) is 2.07. The van der Waals surface area contributed by atoms with E-state index in [2.05, 4.69) is 34.5 Å². The molecule has 0 spiro atoms. The van der Waals surface area contributed by atoms with Crippen LogP contribution in [0.2, 0.25) is 0 Å². The van der Waals surface area contributed by atoms with Crippen molar-refractivity contribution in [2.75, 3.05) is 19.8 Å². The maximum absolute atomic E-state index is 11.8. The maximum Gasteiger partial charge on any atom is 0.252 e. The van der Waals surface area contributed by atoms with Gasteiger partial charge in [-0.1, -0.05) is 18.2 Å². The van der Waals surface area contributed by atoms with Crippen molar-refractivity contribution in [3.05, 3.63) is 46.1 Å². The first kappa shape index (κ1) is 15.2. The second kappa shape index (κ2) is 9.10. The van der Waals surface area contributed by atoms with Crippen LogP contribution < -0.4 is 5.32 Å². The van der Waals surface area contributed by atoms with Crippen LogP contribution >= 0.6 is 22.6 Å². The Labute approximate surface area is 122 Å². The highest BCUT2D eigenvalue weighted by Gasteiger charge is 2.07. The first-order chi connectivity index (χ1) is 8.75. The van der Waals surface area contributed by atoms with Crippen LogP contribution in [0.25, 0.3) is 0 Å². The molecule has 0 saturated carbocycles. The molecule has 0 aliphatic carbocycles. The summed E-state index contributed by atoms with van der Waals surface area (Å²) in [4.78, 5) is 11.8. The molecule has 0 unspecified atom stereocenters. The Morgan fingerprint density at radius 3 is 2.89 bits per heavy atom. The lowest BCUT2D eigenvalue weighted by Crippen LogP contribution is -2.25. The molecular weight excluding hydrogens is 341 g/mol. The molecule has 1 aromatic carbocycles. The number of rotatable bonds is 8. The smallest absolute Gasteiger partial charge is 0.252 e. The van der Waals surface area contributed by atoms with Gasteiger partial charge in [-0.3, -0.25) is 4.79 Å². The van der Waals surface area contributed by atoms with E-state index in [4.69, 9.17) is 4.74 Å². The quantitative estimate of drug-likeness (QED) is 0.440. The van der Waals surface area contributed by atoms with E-state index in [1.807, 2.05) is 24.3 Å². The van der Waals surface area contributed by atoms with Crippen molar-refractivity contribution in [3.63, 3.8) is 0 Å². The third-order valence-corrected chi connectivity index (χ3v) is 3.30. The van der Waals surface area contributed by atoms with Crippen molar-refractivity contribution >= 4 is 28.5 Å². The van der Waals surface area contributed by atoms with E-state index in [-0.39, 0.29) is 5.91 Å². The van der Waals surface area contributed by atoms with Crippen LogP contribution in [0, 0.1) is 3.57 Å². The van der Waals surface area contributed by atoms with Crippen molar-refractivity contribution in [1.82, 2.24) is 5.32 Å². The normalized spacial score (nSPS) is 10.1. The zero-order valence-electron chi connectivity index (χ0n) is 10.3. The van der Waals surface area contributed by atoms with Crippen LogP contribution in [-0.2, 0) is 4.74 Å². The predicted octanol–water partition coefficient (Wildman–Crippen LogP) is 3.00. The van der Waals surface area contributed by atoms with E-state index in [9.17, 15) is 4.79 Å². The van der Waals surface area contributed by atoms with Crippen molar-refractivity contribution < 1.29 is 9.53 Å². The average Bonchev–Trinajstić information content (AvgIpc) is 2.38. The van der Waals surface area contributed by atoms with Gasteiger partial charge >= 0.3 is 0 Å². The molecule has 0 heterocycles. The van der Waals surface area contributed by atoms with Gasteiger partial charge in [0, 0.05) is 16.7 Å². The summed E-state index contributed by atoms with van der Waals surface area (Å²) in [7, 11) is 0. The number of amides is 1. The average molecular weight is 359 g/mol. The number of ether oxygens (including phenoxy) is 1. The Hall–Kier alpha value is -0.880. The van der Waals surface area contributed by atoms with Gasteiger partial charge in [0.15, 0.2) is 0 Å². The number of hydrogen-bond donors (Lipinski definition) is 1. The van der Waals surface area contributed by atoms with Crippen LogP contribution in [0.4, 0.5) is 0 Å². The van der Waals surface area contributed by atoms with Crippen LogP contribution in [0.1, 0.15) is 23.2 Å². The predicted molar refractivity (Wildman–Crippen MR) is 81.7 cm³/mol.